The number of amides is 1. The highest BCUT2D eigenvalue weighted by atomic mass is 16.6. The first kappa shape index (κ1) is 15.9. The third-order valence-electron chi connectivity index (χ3n) is 2.57. The minimum absolute atomic E-state index is 0.0988. The molecule has 20 heavy (non-hydrogen) atoms. The van der Waals surface area contributed by atoms with Gasteiger partial charge in [0.25, 0.3) is 5.91 Å². The number of nitrogens with one attached hydrogen (secondary N) is 2. The molecule has 0 atom stereocenters. The lowest BCUT2D eigenvalue weighted by atomic mass is 10.2. The molecular weight excluding hydrogens is 262 g/mol. The second kappa shape index (κ2) is 7.44. The van der Waals surface area contributed by atoms with Crippen LogP contribution in [0.15, 0.2) is 18.2 Å². The predicted molar refractivity (Wildman–Crippen MR) is 74.6 cm³/mol. The summed E-state index contributed by atoms with van der Waals surface area (Å²) in [7, 11) is 1.48. The molecule has 0 radical (unpaired) electrons. The lowest BCUT2D eigenvalue weighted by Crippen LogP contribution is -2.25. The molecule has 0 aromatic heterocycles. The fourth-order valence-electron chi connectivity index (χ4n) is 1.47. The number of hydrogen-bond donors (Lipinski definition) is 2. The molecule has 0 unspecified atom stereocenters. The van der Waals surface area contributed by atoms with Crippen LogP contribution in [0.25, 0.3) is 0 Å². The molecule has 1 amide bonds. The van der Waals surface area contributed by atoms with Crippen LogP contribution in [0.3, 0.4) is 0 Å². The number of carbonyl (C=O) groups excluding carboxylic acids is 1. The minimum atomic E-state index is -0.529. The Morgan fingerprint density at radius 2 is 2.15 bits per heavy atom. The van der Waals surface area contributed by atoms with E-state index < -0.39 is 4.92 Å². The van der Waals surface area contributed by atoms with E-state index in [0.29, 0.717) is 12.6 Å². The summed E-state index contributed by atoms with van der Waals surface area (Å²) < 4.78 is 5.22. The fourth-order valence-corrected chi connectivity index (χ4v) is 1.47. The smallest absolute Gasteiger partial charge is 0.310 e. The van der Waals surface area contributed by atoms with Gasteiger partial charge in [-0.25, -0.2) is 0 Å². The van der Waals surface area contributed by atoms with Crippen LogP contribution in [0, 0.1) is 10.1 Å². The Kier molecular flexibility index (Phi) is 5.92. The van der Waals surface area contributed by atoms with E-state index in [4.69, 9.17) is 4.74 Å². The monoisotopic (exact) mass is 281 g/mol. The van der Waals surface area contributed by atoms with Crippen LogP contribution in [0.1, 0.15) is 19.4 Å². The van der Waals surface area contributed by atoms with Crippen molar-refractivity contribution in [2.24, 2.45) is 0 Å². The van der Waals surface area contributed by atoms with Gasteiger partial charge in [0.15, 0.2) is 12.4 Å². The third-order valence-corrected chi connectivity index (χ3v) is 2.57. The summed E-state index contributed by atoms with van der Waals surface area (Å²) >= 11 is 0. The molecule has 2 N–H and O–H groups in total. The topological polar surface area (TPSA) is 93.5 Å². The molecule has 110 valence electrons. The second-order valence-corrected chi connectivity index (χ2v) is 4.56. The fraction of sp³-hybridized carbons (Fsp3) is 0.462. The molecule has 1 rings (SSSR count). The highest BCUT2D eigenvalue weighted by Gasteiger charge is 2.16. The number of hydrogen-bond acceptors (Lipinski definition) is 5. The summed E-state index contributed by atoms with van der Waals surface area (Å²) in [6.07, 6.45) is 0. The van der Waals surface area contributed by atoms with Gasteiger partial charge in [0.2, 0.25) is 0 Å². The normalized spacial score (nSPS) is 10.4. The minimum Gasteiger partial charge on any atom is -0.477 e. The van der Waals surface area contributed by atoms with Crippen LogP contribution >= 0.6 is 0 Å². The number of ether oxygens (including phenoxy) is 1. The molecule has 0 bridgehead atoms. The van der Waals surface area contributed by atoms with E-state index in [2.05, 4.69) is 10.6 Å². The molecule has 0 saturated carbocycles. The van der Waals surface area contributed by atoms with Gasteiger partial charge in [-0.3, -0.25) is 14.9 Å². The van der Waals surface area contributed by atoms with Gasteiger partial charge in [0.05, 0.1) is 4.92 Å². The van der Waals surface area contributed by atoms with Crippen LogP contribution in [-0.2, 0) is 11.3 Å². The zero-order chi connectivity index (χ0) is 15.1. The van der Waals surface area contributed by atoms with Gasteiger partial charge in [-0.05, 0) is 11.6 Å². The average molecular weight is 281 g/mol. The Labute approximate surface area is 117 Å². The highest BCUT2D eigenvalue weighted by Crippen LogP contribution is 2.28. The maximum absolute atomic E-state index is 11.1. The van der Waals surface area contributed by atoms with Crippen molar-refractivity contribution >= 4 is 11.6 Å². The Bertz CT molecular complexity index is 489. The van der Waals surface area contributed by atoms with E-state index in [1.54, 1.807) is 12.1 Å². The number of nitrogens with zero attached hydrogens (tertiary/aromatic N) is 1. The van der Waals surface area contributed by atoms with Gasteiger partial charge in [-0.1, -0.05) is 19.9 Å². The number of benzene rings is 1. The van der Waals surface area contributed by atoms with Crippen molar-refractivity contribution in [2.75, 3.05) is 13.7 Å². The van der Waals surface area contributed by atoms with Crippen molar-refractivity contribution in [3.63, 3.8) is 0 Å². The van der Waals surface area contributed by atoms with Crippen molar-refractivity contribution in [1.82, 2.24) is 10.6 Å². The summed E-state index contributed by atoms with van der Waals surface area (Å²) in [5, 5.41) is 16.5. The molecule has 0 fully saturated rings. The van der Waals surface area contributed by atoms with Crippen LogP contribution in [0.4, 0.5) is 5.69 Å². The molecule has 1 aromatic rings. The summed E-state index contributed by atoms with van der Waals surface area (Å²) in [5.41, 5.74) is 0.707. The molecule has 0 spiro atoms. The lowest BCUT2D eigenvalue weighted by Gasteiger charge is -2.10. The highest BCUT2D eigenvalue weighted by molar-refractivity contribution is 5.77. The molecule has 7 nitrogen and oxygen atoms in total. The zero-order valence-corrected chi connectivity index (χ0v) is 11.8. The van der Waals surface area contributed by atoms with Crippen molar-refractivity contribution in [3.05, 3.63) is 33.9 Å². The molecule has 0 saturated heterocycles. The molecule has 0 aliphatic rings. The molecule has 7 heteroatoms. The summed E-state index contributed by atoms with van der Waals surface area (Å²) in [6.45, 7) is 4.34. The van der Waals surface area contributed by atoms with Crippen molar-refractivity contribution in [2.45, 2.75) is 26.4 Å². The van der Waals surface area contributed by atoms with E-state index in [-0.39, 0.29) is 24.0 Å². The quantitative estimate of drug-likeness (QED) is 0.579. The Morgan fingerprint density at radius 1 is 1.45 bits per heavy atom. The lowest BCUT2D eigenvalue weighted by molar-refractivity contribution is -0.385. The van der Waals surface area contributed by atoms with Crippen LogP contribution in [-0.4, -0.2) is 30.5 Å². The molecular formula is C13H19N3O4. The number of likely N-dealkylation sites (N-methyl/N-ethyl adjacent to an activating group) is 1. The third kappa shape index (κ3) is 4.85. The molecule has 1 aromatic carbocycles. The van der Waals surface area contributed by atoms with E-state index in [1.165, 1.54) is 13.1 Å². The first-order chi connectivity index (χ1) is 9.43. The summed E-state index contributed by atoms with van der Waals surface area (Å²) in [4.78, 5) is 21.5. The first-order valence-corrected chi connectivity index (χ1v) is 6.28. The Morgan fingerprint density at radius 3 is 2.70 bits per heavy atom. The summed E-state index contributed by atoms with van der Waals surface area (Å²) in [5.74, 6) is -0.244. The van der Waals surface area contributed by atoms with Crippen molar-refractivity contribution in [3.8, 4) is 5.75 Å². The zero-order valence-electron chi connectivity index (χ0n) is 11.8. The van der Waals surface area contributed by atoms with Gasteiger partial charge in [0, 0.05) is 25.7 Å². The number of nitro groups is 1. The number of nitro benzene ring substituents is 1. The van der Waals surface area contributed by atoms with Crippen LogP contribution < -0.4 is 15.4 Å². The first-order valence-electron chi connectivity index (χ1n) is 6.28. The average Bonchev–Trinajstić information content (AvgIpc) is 2.42. The van der Waals surface area contributed by atoms with E-state index in [0.717, 1.165) is 5.56 Å². The largest absolute Gasteiger partial charge is 0.477 e. The summed E-state index contributed by atoms with van der Waals surface area (Å²) in [6, 6.07) is 4.94. The van der Waals surface area contributed by atoms with E-state index in [9.17, 15) is 14.9 Å². The number of carbonyl (C=O) groups is 1. The van der Waals surface area contributed by atoms with Gasteiger partial charge in [-0.15, -0.1) is 0 Å². The Balaban J connectivity index is 2.87. The van der Waals surface area contributed by atoms with Gasteiger partial charge >= 0.3 is 5.69 Å². The van der Waals surface area contributed by atoms with Crippen LogP contribution in [0.2, 0.25) is 0 Å². The Hall–Kier alpha value is -2.15. The van der Waals surface area contributed by atoms with Gasteiger partial charge in [-0.2, -0.15) is 0 Å². The van der Waals surface area contributed by atoms with E-state index in [1.807, 2.05) is 13.8 Å². The van der Waals surface area contributed by atoms with Crippen LogP contribution in [0.5, 0.6) is 5.75 Å². The van der Waals surface area contributed by atoms with Crippen molar-refractivity contribution in [1.29, 1.82) is 0 Å². The maximum Gasteiger partial charge on any atom is 0.310 e. The second-order valence-electron chi connectivity index (χ2n) is 4.56. The number of rotatable bonds is 7. The van der Waals surface area contributed by atoms with Gasteiger partial charge < -0.3 is 15.4 Å². The molecule has 0 aliphatic heterocycles. The maximum atomic E-state index is 11.1. The molecule has 0 heterocycles. The molecule has 0 aliphatic carbocycles. The SMILES string of the molecule is CNC(=O)COc1cc(CNC(C)C)ccc1[N+](=O)[O-]. The van der Waals surface area contributed by atoms with Gasteiger partial charge in [0.1, 0.15) is 0 Å². The standard InChI is InChI=1S/C13H19N3O4/c1-9(2)15-7-10-4-5-11(16(18)19)12(6-10)20-8-13(17)14-3/h4-6,9,15H,7-8H2,1-3H3,(H,14,17). The van der Waals surface area contributed by atoms with Crippen molar-refractivity contribution < 1.29 is 14.5 Å². The van der Waals surface area contributed by atoms with E-state index >= 15 is 0 Å². The predicted octanol–water partition coefficient (Wildman–Crippen LogP) is 1.22.